The minimum atomic E-state index is -4.46. The van der Waals surface area contributed by atoms with E-state index in [1.165, 1.54) is 31.3 Å². The van der Waals surface area contributed by atoms with Crippen LogP contribution in [-0.4, -0.2) is 16.7 Å². The SMILES string of the molecule is CC(=O)Nc1cc(-c2cccc(C(F)(F)F)c2)cnc1C(=O)C(C)C. The summed E-state index contributed by atoms with van der Waals surface area (Å²) >= 11 is 0. The molecule has 7 heteroatoms. The van der Waals surface area contributed by atoms with Crippen LogP contribution in [-0.2, 0) is 11.0 Å². The molecule has 0 saturated heterocycles. The monoisotopic (exact) mass is 350 g/mol. The molecule has 1 aromatic heterocycles. The predicted molar refractivity (Wildman–Crippen MR) is 88.1 cm³/mol. The van der Waals surface area contributed by atoms with Gasteiger partial charge in [-0.1, -0.05) is 26.0 Å². The average Bonchev–Trinajstić information content (AvgIpc) is 2.53. The van der Waals surface area contributed by atoms with Crippen LogP contribution in [0.5, 0.6) is 0 Å². The number of ketones is 1. The van der Waals surface area contributed by atoms with E-state index < -0.39 is 17.6 Å². The molecule has 25 heavy (non-hydrogen) atoms. The third-order valence-corrected chi connectivity index (χ3v) is 3.48. The van der Waals surface area contributed by atoms with E-state index in [0.29, 0.717) is 5.56 Å². The zero-order valence-corrected chi connectivity index (χ0v) is 13.9. The maximum Gasteiger partial charge on any atom is 0.416 e. The van der Waals surface area contributed by atoms with Gasteiger partial charge >= 0.3 is 6.18 Å². The van der Waals surface area contributed by atoms with Crippen LogP contribution in [0.2, 0.25) is 0 Å². The standard InChI is InChI=1S/C18H17F3N2O2/c1-10(2)17(25)16-15(23-11(3)24)8-13(9-22-16)12-5-4-6-14(7-12)18(19,20)21/h4-10H,1-3H3,(H,23,24). The van der Waals surface area contributed by atoms with Gasteiger partial charge in [-0.3, -0.25) is 14.6 Å². The quantitative estimate of drug-likeness (QED) is 0.822. The predicted octanol–water partition coefficient (Wildman–Crippen LogP) is 4.56. The van der Waals surface area contributed by atoms with Crippen molar-refractivity contribution in [1.29, 1.82) is 0 Å². The van der Waals surface area contributed by atoms with Crippen molar-refractivity contribution in [3.8, 4) is 11.1 Å². The number of aromatic nitrogens is 1. The van der Waals surface area contributed by atoms with E-state index in [4.69, 9.17) is 0 Å². The third-order valence-electron chi connectivity index (χ3n) is 3.48. The number of alkyl halides is 3. The summed E-state index contributed by atoms with van der Waals surface area (Å²) in [7, 11) is 0. The van der Waals surface area contributed by atoms with Crippen molar-refractivity contribution in [3.63, 3.8) is 0 Å². The number of carbonyl (C=O) groups excluding carboxylic acids is 2. The molecule has 0 bridgehead atoms. The van der Waals surface area contributed by atoms with Crippen LogP contribution in [0.3, 0.4) is 0 Å². The highest BCUT2D eigenvalue weighted by Crippen LogP contribution is 2.33. The van der Waals surface area contributed by atoms with Gasteiger partial charge in [-0.2, -0.15) is 13.2 Å². The molecule has 2 rings (SSSR count). The Labute approximate surface area is 143 Å². The molecular formula is C18H17F3N2O2. The molecule has 0 aliphatic rings. The summed E-state index contributed by atoms with van der Waals surface area (Å²) in [6.45, 7) is 4.67. The summed E-state index contributed by atoms with van der Waals surface area (Å²) in [6, 6.07) is 6.23. The Kier molecular flexibility index (Phi) is 5.25. The zero-order valence-electron chi connectivity index (χ0n) is 13.9. The highest BCUT2D eigenvalue weighted by atomic mass is 19.4. The molecule has 0 spiro atoms. The van der Waals surface area contributed by atoms with Gasteiger partial charge in [0.1, 0.15) is 5.69 Å². The molecule has 1 heterocycles. The summed E-state index contributed by atoms with van der Waals surface area (Å²) in [5.41, 5.74) is 0.142. The van der Waals surface area contributed by atoms with Crippen molar-refractivity contribution in [3.05, 3.63) is 47.8 Å². The number of nitrogens with zero attached hydrogens (tertiary/aromatic N) is 1. The van der Waals surface area contributed by atoms with E-state index in [-0.39, 0.29) is 28.6 Å². The number of anilines is 1. The lowest BCUT2D eigenvalue weighted by atomic mass is 10.0. The summed E-state index contributed by atoms with van der Waals surface area (Å²) in [5, 5.41) is 2.52. The van der Waals surface area contributed by atoms with Crippen LogP contribution in [0, 0.1) is 5.92 Å². The number of rotatable bonds is 4. The maximum absolute atomic E-state index is 12.9. The molecule has 2 aromatic rings. The van der Waals surface area contributed by atoms with Gasteiger partial charge in [-0.15, -0.1) is 0 Å². The smallest absolute Gasteiger partial charge is 0.324 e. The number of Topliss-reactive ketones (excluding diaryl/α,β-unsaturated/α-hetero) is 1. The minimum Gasteiger partial charge on any atom is -0.324 e. The molecule has 0 aliphatic heterocycles. The van der Waals surface area contributed by atoms with E-state index in [1.54, 1.807) is 13.8 Å². The maximum atomic E-state index is 12.9. The van der Waals surface area contributed by atoms with Crippen LogP contribution >= 0.6 is 0 Å². The normalized spacial score (nSPS) is 11.5. The van der Waals surface area contributed by atoms with E-state index in [2.05, 4.69) is 10.3 Å². The fourth-order valence-electron chi connectivity index (χ4n) is 2.25. The first-order chi connectivity index (χ1) is 11.6. The number of nitrogens with one attached hydrogen (secondary N) is 1. The molecule has 0 saturated carbocycles. The van der Waals surface area contributed by atoms with Crippen molar-refractivity contribution in [2.24, 2.45) is 5.92 Å². The molecule has 1 N–H and O–H groups in total. The lowest BCUT2D eigenvalue weighted by Gasteiger charge is -2.13. The number of hydrogen-bond acceptors (Lipinski definition) is 3. The molecule has 0 aliphatic carbocycles. The first kappa shape index (κ1) is 18.6. The Morgan fingerprint density at radius 1 is 1.12 bits per heavy atom. The van der Waals surface area contributed by atoms with E-state index in [0.717, 1.165) is 12.1 Å². The Bertz CT molecular complexity index is 814. The molecule has 1 amide bonds. The molecule has 0 fully saturated rings. The number of halogens is 3. The molecule has 0 unspecified atom stereocenters. The summed E-state index contributed by atoms with van der Waals surface area (Å²) < 4.78 is 38.6. The van der Waals surface area contributed by atoms with Crippen molar-refractivity contribution in [2.45, 2.75) is 26.9 Å². The van der Waals surface area contributed by atoms with Crippen LogP contribution in [0.25, 0.3) is 11.1 Å². The first-order valence-corrected chi connectivity index (χ1v) is 7.59. The zero-order chi connectivity index (χ0) is 18.8. The van der Waals surface area contributed by atoms with Crippen LogP contribution in [0.1, 0.15) is 36.8 Å². The lowest BCUT2D eigenvalue weighted by molar-refractivity contribution is -0.137. The molecule has 0 atom stereocenters. The van der Waals surface area contributed by atoms with Gasteiger partial charge < -0.3 is 5.32 Å². The number of pyridine rings is 1. The van der Waals surface area contributed by atoms with Crippen LogP contribution in [0.4, 0.5) is 18.9 Å². The second kappa shape index (κ2) is 7.04. The van der Waals surface area contributed by atoms with Gasteiger partial charge in [-0.25, -0.2) is 0 Å². The average molecular weight is 350 g/mol. The number of carbonyl (C=O) groups is 2. The fraction of sp³-hybridized carbons (Fsp3) is 0.278. The van der Waals surface area contributed by atoms with E-state index in [9.17, 15) is 22.8 Å². The van der Waals surface area contributed by atoms with Crippen LogP contribution < -0.4 is 5.32 Å². The Morgan fingerprint density at radius 3 is 2.36 bits per heavy atom. The topological polar surface area (TPSA) is 59.1 Å². The molecule has 0 radical (unpaired) electrons. The van der Waals surface area contributed by atoms with Crippen molar-refractivity contribution in [1.82, 2.24) is 4.98 Å². The van der Waals surface area contributed by atoms with Crippen molar-refractivity contribution in [2.75, 3.05) is 5.32 Å². The second-order valence-electron chi connectivity index (χ2n) is 5.90. The fourth-order valence-corrected chi connectivity index (χ4v) is 2.25. The molecular weight excluding hydrogens is 333 g/mol. The Morgan fingerprint density at radius 2 is 1.80 bits per heavy atom. The third kappa shape index (κ3) is 4.43. The summed E-state index contributed by atoms with van der Waals surface area (Å²) in [4.78, 5) is 27.7. The highest BCUT2D eigenvalue weighted by Gasteiger charge is 2.30. The summed E-state index contributed by atoms with van der Waals surface area (Å²) in [6.07, 6.45) is -3.13. The van der Waals surface area contributed by atoms with E-state index >= 15 is 0 Å². The lowest BCUT2D eigenvalue weighted by Crippen LogP contribution is -2.16. The van der Waals surface area contributed by atoms with Crippen molar-refractivity contribution < 1.29 is 22.8 Å². The van der Waals surface area contributed by atoms with Gasteiger partial charge in [0, 0.05) is 24.6 Å². The largest absolute Gasteiger partial charge is 0.416 e. The minimum absolute atomic E-state index is 0.0842. The molecule has 4 nitrogen and oxygen atoms in total. The highest BCUT2D eigenvalue weighted by molar-refractivity contribution is 6.04. The Hall–Kier alpha value is -2.70. The summed E-state index contributed by atoms with van der Waals surface area (Å²) in [5.74, 6) is -1.00. The molecule has 132 valence electrons. The van der Waals surface area contributed by atoms with Gasteiger partial charge in [0.15, 0.2) is 5.78 Å². The van der Waals surface area contributed by atoms with Gasteiger partial charge in [-0.05, 0) is 23.8 Å². The van der Waals surface area contributed by atoms with Gasteiger partial charge in [0.2, 0.25) is 5.91 Å². The first-order valence-electron chi connectivity index (χ1n) is 7.59. The number of hydrogen-bond donors (Lipinski definition) is 1. The number of benzene rings is 1. The second-order valence-corrected chi connectivity index (χ2v) is 5.90. The van der Waals surface area contributed by atoms with Gasteiger partial charge in [0.05, 0.1) is 11.3 Å². The Balaban J connectivity index is 2.53. The van der Waals surface area contributed by atoms with E-state index in [1.807, 2.05) is 0 Å². The van der Waals surface area contributed by atoms with Crippen LogP contribution in [0.15, 0.2) is 36.5 Å². The van der Waals surface area contributed by atoms with Gasteiger partial charge in [0.25, 0.3) is 0 Å². The number of amides is 1. The molecule has 1 aromatic carbocycles. The van der Waals surface area contributed by atoms with Crippen molar-refractivity contribution >= 4 is 17.4 Å².